The molecule has 1 atom stereocenters. The molecule has 0 saturated heterocycles. The molecule has 0 spiro atoms. The Morgan fingerprint density at radius 3 is 2.40 bits per heavy atom. The fourth-order valence-electron chi connectivity index (χ4n) is 4.95. The van der Waals surface area contributed by atoms with Gasteiger partial charge in [0.2, 0.25) is 0 Å². The number of fused-ring (bicyclic) bond motifs is 1. The van der Waals surface area contributed by atoms with Crippen molar-refractivity contribution in [3.8, 4) is 17.2 Å². The zero-order chi connectivity index (χ0) is 30.5. The largest absolute Gasteiger partial charge is 0.494 e. The molecule has 1 aliphatic heterocycles. The Morgan fingerprint density at radius 1 is 1.00 bits per heavy atom. The van der Waals surface area contributed by atoms with Crippen LogP contribution in [0.4, 0.5) is 0 Å². The Hall–Kier alpha value is -4.63. The van der Waals surface area contributed by atoms with E-state index in [0.717, 1.165) is 16.7 Å². The second-order valence-electron chi connectivity index (χ2n) is 10.0. The van der Waals surface area contributed by atoms with Gasteiger partial charge in [0.15, 0.2) is 16.3 Å². The summed E-state index contributed by atoms with van der Waals surface area (Å²) in [5.74, 6) is 1.36. The lowest BCUT2D eigenvalue weighted by Crippen LogP contribution is -2.40. The molecule has 9 heteroatoms. The van der Waals surface area contributed by atoms with Gasteiger partial charge in [0.25, 0.3) is 5.56 Å². The van der Waals surface area contributed by atoms with Crippen LogP contribution in [0.15, 0.2) is 88.2 Å². The zero-order valence-corrected chi connectivity index (χ0v) is 25.6. The lowest BCUT2D eigenvalue weighted by Gasteiger charge is -2.26. The van der Waals surface area contributed by atoms with Crippen molar-refractivity contribution in [1.82, 2.24) is 4.57 Å². The first-order valence-corrected chi connectivity index (χ1v) is 15.0. The number of methoxy groups -OCH3 is 1. The molecule has 0 fully saturated rings. The van der Waals surface area contributed by atoms with Gasteiger partial charge in [-0.2, -0.15) is 0 Å². The monoisotopic (exact) mass is 598 g/mol. The molecule has 0 amide bonds. The van der Waals surface area contributed by atoms with E-state index in [0.29, 0.717) is 44.5 Å². The summed E-state index contributed by atoms with van der Waals surface area (Å²) >= 11 is 1.27. The molecular formula is C34H34N2O6S. The SMILES string of the molecule is CCOC(=O)C1=C(c2ccccc2)N=c2s/c(=C\c3ccc(OC(C)C)c(OC)c3)c(=O)n2[C@@H]1c1ccc(OCC)cc1. The molecule has 0 saturated carbocycles. The van der Waals surface area contributed by atoms with E-state index in [4.69, 9.17) is 23.9 Å². The van der Waals surface area contributed by atoms with Crippen molar-refractivity contribution in [2.45, 2.75) is 39.8 Å². The van der Waals surface area contributed by atoms with Gasteiger partial charge < -0.3 is 18.9 Å². The lowest BCUT2D eigenvalue weighted by molar-refractivity contribution is -0.138. The van der Waals surface area contributed by atoms with Gasteiger partial charge in [0, 0.05) is 5.56 Å². The summed E-state index contributed by atoms with van der Waals surface area (Å²) in [7, 11) is 1.58. The number of thiazole rings is 1. The smallest absolute Gasteiger partial charge is 0.338 e. The van der Waals surface area contributed by atoms with Crippen LogP contribution in [0.3, 0.4) is 0 Å². The normalized spacial score (nSPS) is 14.7. The van der Waals surface area contributed by atoms with E-state index in [1.54, 1.807) is 24.7 Å². The molecule has 222 valence electrons. The number of esters is 1. The van der Waals surface area contributed by atoms with Gasteiger partial charge in [-0.25, -0.2) is 9.79 Å². The van der Waals surface area contributed by atoms with Crippen molar-refractivity contribution >= 4 is 29.1 Å². The zero-order valence-electron chi connectivity index (χ0n) is 24.8. The van der Waals surface area contributed by atoms with Crippen LogP contribution in [0.2, 0.25) is 0 Å². The maximum absolute atomic E-state index is 14.1. The third-order valence-electron chi connectivity index (χ3n) is 6.73. The third kappa shape index (κ3) is 6.27. The summed E-state index contributed by atoms with van der Waals surface area (Å²) in [6, 6.07) is 21.7. The molecule has 0 radical (unpaired) electrons. The number of carbonyl (C=O) groups excluding carboxylic acids is 1. The average Bonchev–Trinajstić information content (AvgIpc) is 3.32. The van der Waals surface area contributed by atoms with Crippen molar-refractivity contribution in [2.24, 2.45) is 4.99 Å². The van der Waals surface area contributed by atoms with E-state index in [2.05, 4.69) is 0 Å². The highest BCUT2D eigenvalue weighted by molar-refractivity contribution is 7.07. The Kier molecular flexibility index (Phi) is 9.11. The van der Waals surface area contributed by atoms with Crippen LogP contribution in [0, 0.1) is 0 Å². The second kappa shape index (κ2) is 13.1. The Bertz CT molecular complexity index is 1820. The minimum atomic E-state index is -0.764. The molecule has 8 nitrogen and oxygen atoms in total. The number of aromatic nitrogens is 1. The first-order chi connectivity index (χ1) is 20.8. The minimum absolute atomic E-state index is 0.0153. The number of hydrogen-bond donors (Lipinski definition) is 0. The van der Waals surface area contributed by atoms with E-state index < -0.39 is 12.0 Å². The van der Waals surface area contributed by atoms with E-state index in [1.807, 2.05) is 93.6 Å². The molecular weight excluding hydrogens is 564 g/mol. The summed E-state index contributed by atoms with van der Waals surface area (Å²) in [6.07, 6.45) is 1.79. The Balaban J connectivity index is 1.74. The number of benzene rings is 3. The van der Waals surface area contributed by atoms with Gasteiger partial charge in [-0.1, -0.05) is 59.9 Å². The van der Waals surface area contributed by atoms with Crippen LogP contribution in [-0.4, -0.2) is 37.0 Å². The summed E-state index contributed by atoms with van der Waals surface area (Å²) in [4.78, 5) is 33.1. The number of rotatable bonds is 10. The highest BCUT2D eigenvalue weighted by atomic mass is 32.1. The highest BCUT2D eigenvalue weighted by Crippen LogP contribution is 2.36. The van der Waals surface area contributed by atoms with Gasteiger partial charge in [0.1, 0.15) is 5.75 Å². The van der Waals surface area contributed by atoms with Crippen molar-refractivity contribution in [2.75, 3.05) is 20.3 Å². The highest BCUT2D eigenvalue weighted by Gasteiger charge is 2.35. The quantitative estimate of drug-likeness (QED) is 0.235. The molecule has 0 aliphatic carbocycles. The predicted octanol–water partition coefficient (Wildman–Crippen LogP) is 5.13. The van der Waals surface area contributed by atoms with E-state index >= 15 is 0 Å². The third-order valence-corrected chi connectivity index (χ3v) is 7.71. The fraction of sp³-hybridized carbons (Fsp3) is 0.265. The first kappa shape index (κ1) is 29.8. The van der Waals surface area contributed by atoms with Crippen LogP contribution in [0.5, 0.6) is 17.2 Å². The van der Waals surface area contributed by atoms with Crippen molar-refractivity contribution in [3.05, 3.63) is 115 Å². The molecule has 1 aromatic heterocycles. The molecule has 0 unspecified atom stereocenters. The minimum Gasteiger partial charge on any atom is -0.494 e. The maximum atomic E-state index is 14.1. The second-order valence-corrected chi connectivity index (χ2v) is 11.0. The molecule has 0 bridgehead atoms. The molecule has 2 heterocycles. The van der Waals surface area contributed by atoms with Crippen LogP contribution in [-0.2, 0) is 9.53 Å². The molecule has 0 N–H and O–H groups in total. The molecule has 5 rings (SSSR count). The lowest BCUT2D eigenvalue weighted by atomic mass is 9.93. The van der Waals surface area contributed by atoms with E-state index in [9.17, 15) is 9.59 Å². The molecule has 3 aromatic carbocycles. The van der Waals surface area contributed by atoms with Gasteiger partial charge in [-0.3, -0.25) is 9.36 Å². The van der Waals surface area contributed by atoms with Crippen molar-refractivity contribution in [1.29, 1.82) is 0 Å². The number of hydrogen-bond acceptors (Lipinski definition) is 8. The topological polar surface area (TPSA) is 88.4 Å². The maximum Gasteiger partial charge on any atom is 0.338 e. The Morgan fingerprint density at radius 2 is 1.74 bits per heavy atom. The van der Waals surface area contributed by atoms with Crippen LogP contribution < -0.4 is 29.1 Å². The standard InChI is InChI=1S/C34H34N2O6S/c1-6-40-25-16-14-24(15-17-25)31-29(33(38)41-7-2)30(23-11-9-8-10-12-23)35-34-36(31)32(37)28(43-34)20-22-13-18-26(42-21(3)4)27(19-22)39-5/h8-21,31H,6-7H2,1-5H3/b28-20-/t31-/m1/s1. The summed E-state index contributed by atoms with van der Waals surface area (Å²) in [5.41, 5.74) is 2.77. The number of carbonyl (C=O) groups is 1. The van der Waals surface area contributed by atoms with Crippen molar-refractivity contribution < 1.29 is 23.7 Å². The molecule has 4 aromatic rings. The Labute approximate surface area is 254 Å². The van der Waals surface area contributed by atoms with Crippen LogP contribution >= 0.6 is 11.3 Å². The van der Waals surface area contributed by atoms with E-state index in [-0.39, 0.29) is 18.3 Å². The predicted molar refractivity (Wildman–Crippen MR) is 167 cm³/mol. The molecule has 1 aliphatic rings. The van der Waals surface area contributed by atoms with Gasteiger partial charge in [-0.05, 0) is 69.2 Å². The van der Waals surface area contributed by atoms with Crippen LogP contribution in [0.25, 0.3) is 11.8 Å². The number of nitrogens with zero attached hydrogens (tertiary/aromatic N) is 2. The first-order valence-electron chi connectivity index (χ1n) is 14.2. The van der Waals surface area contributed by atoms with Crippen LogP contribution in [0.1, 0.15) is 50.4 Å². The average molecular weight is 599 g/mol. The van der Waals surface area contributed by atoms with Gasteiger partial charge in [0.05, 0.1) is 48.3 Å². The van der Waals surface area contributed by atoms with Crippen molar-refractivity contribution in [3.63, 3.8) is 0 Å². The summed E-state index contributed by atoms with van der Waals surface area (Å²) in [6.45, 7) is 8.28. The van der Waals surface area contributed by atoms with E-state index in [1.165, 1.54) is 11.3 Å². The summed E-state index contributed by atoms with van der Waals surface area (Å²) < 4.78 is 24.6. The van der Waals surface area contributed by atoms with Gasteiger partial charge in [-0.15, -0.1) is 0 Å². The van der Waals surface area contributed by atoms with Gasteiger partial charge >= 0.3 is 5.97 Å². The summed E-state index contributed by atoms with van der Waals surface area (Å²) in [5, 5.41) is 0. The fourth-order valence-corrected chi connectivity index (χ4v) is 5.95. The molecule has 43 heavy (non-hydrogen) atoms. The number of ether oxygens (including phenoxy) is 4.